The number of amides is 1. The summed E-state index contributed by atoms with van der Waals surface area (Å²) in [5.41, 5.74) is 2.75. The van der Waals surface area contributed by atoms with Crippen LogP contribution < -0.4 is 9.80 Å². The first-order chi connectivity index (χ1) is 19.1. The van der Waals surface area contributed by atoms with Crippen molar-refractivity contribution in [1.82, 2.24) is 4.90 Å². The molecule has 0 aliphatic carbocycles. The minimum absolute atomic E-state index is 0.0269. The molecule has 2 aliphatic rings. The summed E-state index contributed by atoms with van der Waals surface area (Å²) in [6.07, 6.45) is 13.7. The lowest BCUT2D eigenvalue weighted by Gasteiger charge is -2.20. The van der Waals surface area contributed by atoms with E-state index >= 15 is 0 Å². The second-order valence-electron chi connectivity index (χ2n) is 9.75. The summed E-state index contributed by atoms with van der Waals surface area (Å²) in [5, 5.41) is 4.28. The number of unbranched alkanes of at least 4 members (excludes halogenated alkanes) is 4. The average Bonchev–Trinajstić information content (AvgIpc) is 3.45. The van der Waals surface area contributed by atoms with E-state index < -0.39 is 0 Å². The SMILES string of the molecule is CCCCCCCN1C(=O)/C(=C/C=C/C=C2\Sc3c(ccc4ccccc34)N2CC)N(c2ccccc2)C1=S. The first-order valence-corrected chi connectivity index (χ1v) is 15.1. The molecule has 2 aliphatic heterocycles. The zero-order chi connectivity index (χ0) is 27.2. The van der Waals surface area contributed by atoms with Gasteiger partial charge in [-0.25, -0.2) is 0 Å². The van der Waals surface area contributed by atoms with Gasteiger partial charge in [-0.2, -0.15) is 0 Å². The largest absolute Gasteiger partial charge is 0.335 e. The van der Waals surface area contributed by atoms with E-state index in [1.807, 2.05) is 53.5 Å². The fraction of sp³-hybridized carbons (Fsp3) is 0.273. The van der Waals surface area contributed by atoms with Crippen molar-refractivity contribution in [3.05, 3.63) is 102 Å². The van der Waals surface area contributed by atoms with Crippen LogP contribution in [-0.2, 0) is 4.79 Å². The Morgan fingerprint density at radius 3 is 2.36 bits per heavy atom. The lowest BCUT2D eigenvalue weighted by Crippen LogP contribution is -2.33. The van der Waals surface area contributed by atoms with Crippen molar-refractivity contribution in [2.75, 3.05) is 22.9 Å². The summed E-state index contributed by atoms with van der Waals surface area (Å²) >= 11 is 7.62. The van der Waals surface area contributed by atoms with Crippen molar-refractivity contribution >= 4 is 57.1 Å². The van der Waals surface area contributed by atoms with Gasteiger partial charge in [0.2, 0.25) is 0 Å². The number of carbonyl (C=O) groups is 1. The van der Waals surface area contributed by atoms with E-state index in [1.165, 1.54) is 45.6 Å². The van der Waals surface area contributed by atoms with Crippen LogP contribution in [0.5, 0.6) is 0 Å². The van der Waals surface area contributed by atoms with Gasteiger partial charge in [-0.1, -0.05) is 105 Å². The van der Waals surface area contributed by atoms with Crippen LogP contribution in [0.2, 0.25) is 0 Å². The van der Waals surface area contributed by atoms with E-state index in [-0.39, 0.29) is 5.91 Å². The number of fused-ring (bicyclic) bond motifs is 3. The van der Waals surface area contributed by atoms with Crippen LogP contribution in [0.4, 0.5) is 11.4 Å². The molecule has 0 radical (unpaired) electrons. The highest BCUT2D eigenvalue weighted by Gasteiger charge is 2.38. The number of thiocarbonyl (C=S) groups is 1. The zero-order valence-corrected chi connectivity index (χ0v) is 24.3. The van der Waals surface area contributed by atoms with E-state index in [0.29, 0.717) is 17.4 Å². The maximum atomic E-state index is 13.5. The number of hydrogen-bond acceptors (Lipinski definition) is 4. The fourth-order valence-corrected chi connectivity index (χ4v) is 6.80. The molecule has 5 rings (SSSR count). The molecule has 0 bridgehead atoms. The van der Waals surface area contributed by atoms with Crippen LogP contribution in [0.15, 0.2) is 107 Å². The van der Waals surface area contributed by atoms with Crippen LogP contribution in [0, 0.1) is 0 Å². The van der Waals surface area contributed by atoms with E-state index in [0.717, 1.165) is 25.1 Å². The molecule has 6 heteroatoms. The molecular weight excluding hydrogens is 519 g/mol. The summed E-state index contributed by atoms with van der Waals surface area (Å²) in [7, 11) is 0. The van der Waals surface area contributed by atoms with Crippen molar-refractivity contribution < 1.29 is 4.79 Å². The minimum Gasteiger partial charge on any atom is -0.335 e. The Kier molecular flexibility index (Phi) is 8.84. The third-order valence-electron chi connectivity index (χ3n) is 7.17. The molecule has 200 valence electrons. The third-order valence-corrected chi connectivity index (χ3v) is 8.77. The van der Waals surface area contributed by atoms with Crippen molar-refractivity contribution in [3.8, 4) is 0 Å². The van der Waals surface area contributed by atoms with Gasteiger partial charge in [0, 0.05) is 23.7 Å². The Balaban J connectivity index is 1.38. The Morgan fingerprint density at radius 2 is 1.56 bits per heavy atom. The lowest BCUT2D eigenvalue weighted by atomic mass is 10.1. The highest BCUT2D eigenvalue weighted by molar-refractivity contribution is 8.04. The lowest BCUT2D eigenvalue weighted by molar-refractivity contribution is -0.122. The summed E-state index contributed by atoms with van der Waals surface area (Å²) < 4.78 is 0. The molecule has 3 aromatic carbocycles. The van der Waals surface area contributed by atoms with Gasteiger partial charge in [-0.05, 0) is 66.7 Å². The maximum Gasteiger partial charge on any atom is 0.277 e. The van der Waals surface area contributed by atoms with E-state index in [9.17, 15) is 4.79 Å². The van der Waals surface area contributed by atoms with Crippen LogP contribution in [0.1, 0.15) is 46.0 Å². The molecule has 1 amide bonds. The number of carbonyl (C=O) groups excluding carboxylic acids is 1. The van der Waals surface area contributed by atoms with Gasteiger partial charge < -0.3 is 4.90 Å². The van der Waals surface area contributed by atoms with Gasteiger partial charge >= 0.3 is 0 Å². The summed E-state index contributed by atoms with van der Waals surface area (Å²) in [6, 6.07) is 22.9. The normalized spacial score (nSPS) is 17.5. The highest BCUT2D eigenvalue weighted by Crippen LogP contribution is 2.49. The summed E-state index contributed by atoms with van der Waals surface area (Å²) in [6.45, 7) is 5.94. The van der Waals surface area contributed by atoms with E-state index in [4.69, 9.17) is 12.2 Å². The van der Waals surface area contributed by atoms with E-state index in [1.54, 1.807) is 16.7 Å². The van der Waals surface area contributed by atoms with Gasteiger partial charge in [0.15, 0.2) is 5.11 Å². The molecule has 39 heavy (non-hydrogen) atoms. The Morgan fingerprint density at radius 1 is 0.821 bits per heavy atom. The second-order valence-corrected chi connectivity index (χ2v) is 11.1. The first-order valence-electron chi connectivity index (χ1n) is 13.9. The number of benzene rings is 3. The van der Waals surface area contributed by atoms with Gasteiger partial charge in [-0.15, -0.1) is 0 Å². The standard InChI is InChI=1S/C33H35N3OS2/c1-3-5-6-7-15-24-35-32(37)29(36(33(35)38)26-17-9-8-10-18-26)20-13-14-21-30-34(4-2)28-23-22-25-16-11-12-19-27(25)31(28)39-30/h8-14,16-23H,3-7,15,24H2,1-2H3/b14-13+,29-20-,30-21-. The molecule has 0 unspecified atom stereocenters. The number of rotatable bonds is 10. The Bertz CT molecular complexity index is 1440. The molecule has 1 fully saturated rings. The number of nitrogens with zero attached hydrogens (tertiary/aromatic N) is 3. The zero-order valence-electron chi connectivity index (χ0n) is 22.7. The van der Waals surface area contributed by atoms with Crippen LogP contribution in [-0.4, -0.2) is 29.0 Å². The number of anilines is 2. The minimum atomic E-state index is -0.0269. The molecule has 2 heterocycles. The van der Waals surface area contributed by atoms with Gasteiger partial charge in [-0.3, -0.25) is 14.6 Å². The van der Waals surface area contributed by atoms with Crippen LogP contribution in [0.3, 0.4) is 0 Å². The Hall–Kier alpha value is -3.35. The predicted molar refractivity (Wildman–Crippen MR) is 170 cm³/mol. The number of allylic oxidation sites excluding steroid dienone is 4. The molecule has 1 saturated heterocycles. The Labute approximate surface area is 241 Å². The van der Waals surface area contributed by atoms with Crippen molar-refractivity contribution in [3.63, 3.8) is 0 Å². The van der Waals surface area contributed by atoms with Crippen molar-refractivity contribution in [1.29, 1.82) is 0 Å². The maximum absolute atomic E-state index is 13.5. The van der Waals surface area contributed by atoms with Crippen molar-refractivity contribution in [2.45, 2.75) is 50.8 Å². The molecular formula is C33H35N3OS2. The van der Waals surface area contributed by atoms with Gasteiger partial charge in [0.25, 0.3) is 5.91 Å². The topological polar surface area (TPSA) is 26.8 Å². The molecule has 3 aromatic rings. The monoisotopic (exact) mass is 553 g/mol. The molecule has 0 saturated carbocycles. The van der Waals surface area contributed by atoms with Crippen molar-refractivity contribution in [2.24, 2.45) is 0 Å². The number of hydrogen-bond donors (Lipinski definition) is 0. The number of para-hydroxylation sites is 1. The van der Waals surface area contributed by atoms with Gasteiger partial charge in [0.05, 0.1) is 10.7 Å². The highest BCUT2D eigenvalue weighted by atomic mass is 32.2. The first kappa shape index (κ1) is 27.2. The predicted octanol–water partition coefficient (Wildman–Crippen LogP) is 8.66. The van der Waals surface area contributed by atoms with Crippen LogP contribution >= 0.6 is 24.0 Å². The second kappa shape index (κ2) is 12.7. The number of thioether (sulfide) groups is 1. The summed E-state index contributed by atoms with van der Waals surface area (Å²) in [4.78, 5) is 20.8. The quantitative estimate of drug-likeness (QED) is 0.142. The van der Waals surface area contributed by atoms with E-state index in [2.05, 4.69) is 61.2 Å². The fourth-order valence-electron chi connectivity index (χ4n) is 5.15. The third kappa shape index (κ3) is 5.68. The van der Waals surface area contributed by atoms with Crippen LogP contribution in [0.25, 0.3) is 10.8 Å². The molecule has 0 spiro atoms. The molecule has 0 aromatic heterocycles. The average molecular weight is 554 g/mol. The molecule has 0 atom stereocenters. The van der Waals surface area contributed by atoms with Gasteiger partial charge in [0.1, 0.15) is 5.70 Å². The molecule has 0 N–H and O–H groups in total. The summed E-state index contributed by atoms with van der Waals surface area (Å²) in [5.74, 6) is -0.0269. The smallest absolute Gasteiger partial charge is 0.277 e. The molecule has 4 nitrogen and oxygen atoms in total.